The summed E-state index contributed by atoms with van der Waals surface area (Å²) in [6.07, 6.45) is 1.44. The summed E-state index contributed by atoms with van der Waals surface area (Å²) in [6.45, 7) is 1.77. The molecule has 3 rings (SSSR count). The maximum absolute atomic E-state index is 13.9. The standard InChI is InChI=1S/C17H16F3N3O3S/c1-11-2-3-12(10-21-11)17(24)22-6-8-23(9-7-22)27(25,26)14-5-4-13(18)15(19)16(14)20/h2-5,10H,6-9H2,1H3. The third kappa shape index (κ3) is 3.67. The van der Waals surface area contributed by atoms with E-state index in [4.69, 9.17) is 0 Å². The van der Waals surface area contributed by atoms with Crippen molar-refractivity contribution in [2.75, 3.05) is 26.2 Å². The van der Waals surface area contributed by atoms with E-state index in [1.807, 2.05) is 0 Å². The average molecular weight is 399 g/mol. The topological polar surface area (TPSA) is 70.6 Å². The number of hydrogen-bond donors (Lipinski definition) is 0. The number of carbonyl (C=O) groups is 1. The fourth-order valence-corrected chi connectivity index (χ4v) is 4.23. The van der Waals surface area contributed by atoms with Crippen molar-refractivity contribution >= 4 is 15.9 Å². The minimum Gasteiger partial charge on any atom is -0.336 e. The van der Waals surface area contributed by atoms with Crippen LogP contribution in [0.15, 0.2) is 35.4 Å². The first kappa shape index (κ1) is 19.3. The number of piperazine rings is 1. The fraction of sp³-hybridized carbons (Fsp3) is 0.294. The number of benzene rings is 1. The van der Waals surface area contributed by atoms with Gasteiger partial charge in [-0.2, -0.15) is 4.31 Å². The molecule has 0 N–H and O–H groups in total. The summed E-state index contributed by atoms with van der Waals surface area (Å²) in [5.41, 5.74) is 1.14. The molecular weight excluding hydrogens is 383 g/mol. The molecule has 0 unspecified atom stereocenters. The van der Waals surface area contributed by atoms with Crippen molar-refractivity contribution in [3.63, 3.8) is 0 Å². The second kappa shape index (κ2) is 7.28. The summed E-state index contributed by atoms with van der Waals surface area (Å²) >= 11 is 0. The summed E-state index contributed by atoms with van der Waals surface area (Å²) in [7, 11) is -4.35. The van der Waals surface area contributed by atoms with Gasteiger partial charge < -0.3 is 4.90 Å². The van der Waals surface area contributed by atoms with E-state index in [2.05, 4.69) is 4.98 Å². The lowest BCUT2D eigenvalue weighted by Gasteiger charge is -2.34. The quantitative estimate of drug-likeness (QED) is 0.740. The highest BCUT2D eigenvalue weighted by atomic mass is 32.2. The van der Waals surface area contributed by atoms with Crippen molar-refractivity contribution in [1.82, 2.24) is 14.2 Å². The van der Waals surface area contributed by atoms with Crippen molar-refractivity contribution in [3.05, 3.63) is 59.2 Å². The molecule has 10 heteroatoms. The van der Waals surface area contributed by atoms with Gasteiger partial charge >= 0.3 is 0 Å². The van der Waals surface area contributed by atoms with Crippen molar-refractivity contribution in [2.45, 2.75) is 11.8 Å². The van der Waals surface area contributed by atoms with Crippen LogP contribution in [0.5, 0.6) is 0 Å². The molecule has 1 amide bonds. The monoisotopic (exact) mass is 399 g/mol. The van der Waals surface area contributed by atoms with E-state index in [-0.39, 0.29) is 32.1 Å². The number of hydrogen-bond acceptors (Lipinski definition) is 4. The second-order valence-electron chi connectivity index (χ2n) is 6.06. The Balaban J connectivity index is 1.74. The van der Waals surface area contributed by atoms with Crippen LogP contribution in [0.3, 0.4) is 0 Å². The maximum Gasteiger partial charge on any atom is 0.255 e. The van der Waals surface area contributed by atoms with Crippen molar-refractivity contribution in [2.24, 2.45) is 0 Å². The molecule has 1 aliphatic heterocycles. The van der Waals surface area contributed by atoms with Crippen LogP contribution in [0.4, 0.5) is 13.2 Å². The molecule has 144 valence electrons. The fourth-order valence-electron chi connectivity index (χ4n) is 2.75. The Labute approximate surface area is 154 Å². The summed E-state index contributed by atoms with van der Waals surface area (Å²) < 4.78 is 66.3. The molecule has 6 nitrogen and oxygen atoms in total. The normalized spacial score (nSPS) is 15.8. The summed E-state index contributed by atoms with van der Waals surface area (Å²) in [6, 6.07) is 4.58. The van der Waals surface area contributed by atoms with Crippen molar-refractivity contribution in [3.8, 4) is 0 Å². The highest BCUT2D eigenvalue weighted by Gasteiger charge is 2.33. The lowest BCUT2D eigenvalue weighted by Crippen LogP contribution is -2.50. The minimum absolute atomic E-state index is 0.0806. The van der Waals surface area contributed by atoms with E-state index in [1.165, 1.54) is 11.1 Å². The van der Waals surface area contributed by atoms with Gasteiger partial charge in [0.2, 0.25) is 10.0 Å². The van der Waals surface area contributed by atoms with Gasteiger partial charge in [0, 0.05) is 38.1 Å². The first-order valence-corrected chi connectivity index (χ1v) is 9.51. The van der Waals surface area contributed by atoms with Gasteiger partial charge in [0.25, 0.3) is 5.91 Å². The number of aryl methyl sites for hydroxylation is 1. The third-order valence-electron chi connectivity index (χ3n) is 4.30. The van der Waals surface area contributed by atoms with Gasteiger partial charge in [-0.1, -0.05) is 0 Å². The Morgan fingerprint density at radius 2 is 1.67 bits per heavy atom. The van der Waals surface area contributed by atoms with E-state index in [0.29, 0.717) is 17.7 Å². The number of nitrogens with zero attached hydrogens (tertiary/aromatic N) is 3. The molecule has 0 spiro atoms. The van der Waals surface area contributed by atoms with Crippen molar-refractivity contribution in [1.29, 1.82) is 0 Å². The molecule has 2 heterocycles. The molecule has 1 saturated heterocycles. The molecule has 1 fully saturated rings. The molecule has 0 radical (unpaired) electrons. The van der Waals surface area contributed by atoms with Crippen LogP contribution in [-0.2, 0) is 10.0 Å². The van der Waals surface area contributed by atoms with Crippen LogP contribution in [-0.4, -0.2) is 54.7 Å². The number of pyridine rings is 1. The Hall–Kier alpha value is -2.46. The molecule has 27 heavy (non-hydrogen) atoms. The van der Waals surface area contributed by atoms with E-state index in [1.54, 1.807) is 19.1 Å². The zero-order valence-electron chi connectivity index (χ0n) is 14.3. The van der Waals surface area contributed by atoms with E-state index < -0.39 is 32.4 Å². The SMILES string of the molecule is Cc1ccc(C(=O)N2CCN(S(=O)(=O)c3ccc(F)c(F)c3F)CC2)cn1. The van der Waals surface area contributed by atoms with Crippen LogP contribution >= 0.6 is 0 Å². The van der Waals surface area contributed by atoms with Crippen LogP contribution in [0.1, 0.15) is 16.1 Å². The van der Waals surface area contributed by atoms with E-state index in [9.17, 15) is 26.4 Å². The van der Waals surface area contributed by atoms with Crippen LogP contribution in [0.25, 0.3) is 0 Å². The molecule has 1 aromatic heterocycles. The number of carbonyl (C=O) groups excluding carboxylic acids is 1. The molecule has 0 saturated carbocycles. The first-order chi connectivity index (χ1) is 12.7. The van der Waals surface area contributed by atoms with Gasteiger partial charge in [-0.15, -0.1) is 0 Å². The van der Waals surface area contributed by atoms with Crippen LogP contribution in [0.2, 0.25) is 0 Å². The predicted octanol–water partition coefficient (Wildman–Crippen LogP) is 1.95. The highest BCUT2D eigenvalue weighted by molar-refractivity contribution is 7.89. The molecule has 1 aromatic carbocycles. The smallest absolute Gasteiger partial charge is 0.255 e. The molecule has 1 aliphatic rings. The largest absolute Gasteiger partial charge is 0.336 e. The van der Waals surface area contributed by atoms with E-state index in [0.717, 1.165) is 10.00 Å². The summed E-state index contributed by atoms with van der Waals surface area (Å²) in [5, 5.41) is 0. The lowest BCUT2D eigenvalue weighted by atomic mass is 10.2. The predicted molar refractivity (Wildman–Crippen MR) is 90.0 cm³/mol. The Kier molecular flexibility index (Phi) is 5.20. The van der Waals surface area contributed by atoms with Crippen molar-refractivity contribution < 1.29 is 26.4 Å². The Morgan fingerprint density at radius 3 is 2.26 bits per heavy atom. The van der Waals surface area contributed by atoms with Gasteiger partial charge in [-0.25, -0.2) is 21.6 Å². The number of aromatic nitrogens is 1. The van der Waals surface area contributed by atoms with Gasteiger partial charge in [0.05, 0.1) is 5.56 Å². The van der Waals surface area contributed by atoms with Crippen LogP contribution in [0, 0.1) is 24.4 Å². The zero-order chi connectivity index (χ0) is 19.8. The van der Waals surface area contributed by atoms with Crippen LogP contribution < -0.4 is 0 Å². The Morgan fingerprint density at radius 1 is 1.00 bits per heavy atom. The number of halogens is 3. The van der Waals surface area contributed by atoms with Gasteiger partial charge in [-0.3, -0.25) is 9.78 Å². The first-order valence-electron chi connectivity index (χ1n) is 8.07. The maximum atomic E-state index is 13.9. The number of rotatable bonds is 3. The molecule has 2 aromatic rings. The molecule has 0 bridgehead atoms. The summed E-state index contributed by atoms with van der Waals surface area (Å²) in [4.78, 5) is 17.0. The number of sulfonamides is 1. The average Bonchev–Trinajstić information content (AvgIpc) is 2.66. The molecule has 0 atom stereocenters. The second-order valence-corrected chi connectivity index (χ2v) is 7.96. The molecular formula is C17H16F3N3O3S. The van der Waals surface area contributed by atoms with Gasteiger partial charge in [-0.05, 0) is 31.2 Å². The Bertz CT molecular complexity index is 973. The molecule has 0 aliphatic carbocycles. The van der Waals surface area contributed by atoms with Gasteiger partial charge in [0.15, 0.2) is 17.5 Å². The van der Waals surface area contributed by atoms with E-state index >= 15 is 0 Å². The van der Waals surface area contributed by atoms with Gasteiger partial charge in [0.1, 0.15) is 4.90 Å². The zero-order valence-corrected chi connectivity index (χ0v) is 15.1. The minimum atomic E-state index is -4.35. The highest BCUT2D eigenvalue weighted by Crippen LogP contribution is 2.24. The third-order valence-corrected chi connectivity index (χ3v) is 6.22. The summed E-state index contributed by atoms with van der Waals surface area (Å²) in [5.74, 6) is -5.34. The number of amides is 1. The lowest BCUT2D eigenvalue weighted by molar-refractivity contribution is 0.0697.